The van der Waals surface area contributed by atoms with Crippen LogP contribution >= 0.6 is 0 Å². The average Bonchev–Trinajstić information content (AvgIpc) is 3.62. The number of aromatic nitrogens is 3. The molecule has 6 aromatic carbocycles. The van der Waals surface area contributed by atoms with E-state index >= 15 is 0 Å². The molecular formula is C41H31N3. The molecule has 44 heavy (non-hydrogen) atoms. The van der Waals surface area contributed by atoms with Crippen molar-refractivity contribution in [3.63, 3.8) is 0 Å². The molecule has 3 nitrogen and oxygen atoms in total. The number of para-hydroxylation sites is 3. The van der Waals surface area contributed by atoms with Gasteiger partial charge in [-0.05, 0) is 92.7 Å². The summed E-state index contributed by atoms with van der Waals surface area (Å²) in [6.07, 6.45) is 0.0649. The molecule has 1 atom stereocenters. The van der Waals surface area contributed by atoms with Crippen molar-refractivity contribution >= 4 is 27.8 Å². The van der Waals surface area contributed by atoms with E-state index in [0.29, 0.717) is 0 Å². The number of nitrogens with zero attached hydrogens (tertiary/aromatic N) is 3. The minimum atomic E-state index is -2.42. The third-order valence-corrected chi connectivity index (χ3v) is 8.97. The Bertz CT molecular complexity index is 2560. The van der Waals surface area contributed by atoms with E-state index in [1.807, 2.05) is 30.3 Å². The predicted octanol–water partition coefficient (Wildman–Crippen LogP) is 10.6. The summed E-state index contributed by atoms with van der Waals surface area (Å²) in [5.41, 5.74) is 14.8. The summed E-state index contributed by atoms with van der Waals surface area (Å²) in [6, 6.07) is 46.8. The van der Waals surface area contributed by atoms with E-state index < -0.39 is 12.7 Å². The number of fused-ring (bicyclic) bond motifs is 13. The number of hydrogen-bond acceptors (Lipinski definition) is 1. The minimum absolute atomic E-state index is 0.0649. The smallest absolute Gasteiger partial charge is 0.220 e. The van der Waals surface area contributed by atoms with E-state index in [0.717, 1.165) is 44.7 Å². The van der Waals surface area contributed by atoms with Gasteiger partial charge >= 0.3 is 0 Å². The Morgan fingerprint density at radius 3 is 1.73 bits per heavy atom. The van der Waals surface area contributed by atoms with Crippen LogP contribution in [0.4, 0.5) is 0 Å². The van der Waals surface area contributed by atoms with Crippen molar-refractivity contribution in [1.29, 1.82) is 0 Å². The van der Waals surface area contributed by atoms with Gasteiger partial charge in [0.25, 0.3) is 0 Å². The van der Waals surface area contributed by atoms with Crippen LogP contribution < -0.4 is 0 Å². The lowest BCUT2D eigenvalue weighted by Gasteiger charge is -2.23. The number of benzene rings is 6. The largest absolute Gasteiger partial charge is 0.278 e. The molecule has 210 valence electrons. The van der Waals surface area contributed by atoms with Gasteiger partial charge in [0.1, 0.15) is 0 Å². The highest BCUT2D eigenvalue weighted by molar-refractivity contribution is 6.03. The van der Waals surface area contributed by atoms with Crippen LogP contribution in [-0.4, -0.2) is 14.0 Å². The van der Waals surface area contributed by atoms with E-state index in [2.05, 4.69) is 112 Å². The zero-order valence-corrected chi connectivity index (χ0v) is 24.3. The van der Waals surface area contributed by atoms with Crippen LogP contribution in [0.3, 0.4) is 0 Å². The third-order valence-electron chi connectivity index (χ3n) is 8.97. The summed E-state index contributed by atoms with van der Waals surface area (Å²) in [5, 5.41) is 0. The second-order valence-corrected chi connectivity index (χ2v) is 11.7. The molecule has 0 amide bonds. The van der Waals surface area contributed by atoms with Gasteiger partial charge in [-0.1, -0.05) is 117 Å². The molecule has 0 saturated heterocycles. The highest BCUT2D eigenvalue weighted by Gasteiger charge is 2.24. The maximum atomic E-state index is 8.67. The molecule has 9 rings (SSSR count). The van der Waals surface area contributed by atoms with Crippen LogP contribution in [0.25, 0.3) is 78.0 Å². The summed E-state index contributed by atoms with van der Waals surface area (Å²) >= 11 is 0. The maximum Gasteiger partial charge on any atom is 0.220 e. The molecule has 2 heterocycles. The van der Waals surface area contributed by atoms with Crippen LogP contribution in [0.15, 0.2) is 133 Å². The zero-order valence-electron chi connectivity index (χ0n) is 28.3. The molecule has 0 spiro atoms. The molecule has 0 aliphatic heterocycles. The molecule has 0 radical (unpaired) electrons. The van der Waals surface area contributed by atoms with Gasteiger partial charge in [0.15, 0.2) is 0 Å². The van der Waals surface area contributed by atoms with Crippen molar-refractivity contribution in [2.45, 2.75) is 20.2 Å². The van der Waals surface area contributed by atoms with E-state index in [1.165, 1.54) is 45.9 Å². The first kappa shape index (κ1) is 21.3. The summed E-state index contributed by atoms with van der Waals surface area (Å²) in [7, 11) is 0. The number of imidazole rings is 2. The first-order valence-electron chi connectivity index (χ1n) is 17.0. The molecule has 2 aromatic heterocycles. The fourth-order valence-electron chi connectivity index (χ4n) is 7.15. The van der Waals surface area contributed by atoms with E-state index in [-0.39, 0.29) is 6.42 Å². The normalized spacial score (nSPS) is 15.1. The van der Waals surface area contributed by atoms with Crippen molar-refractivity contribution in [2.24, 2.45) is 5.89 Å². The SMILES string of the molecule is [2H]C([2H])([2H])C([2H])(C)Cc1cccc2c1nc1n(-c3ccc4c(c3)-c3ccccc3-c3ccccc3-c3ccccc3-4)c3ccccc3n21. The van der Waals surface area contributed by atoms with Gasteiger partial charge in [0.2, 0.25) is 5.78 Å². The van der Waals surface area contributed by atoms with Gasteiger partial charge < -0.3 is 0 Å². The molecule has 1 unspecified atom stereocenters. The van der Waals surface area contributed by atoms with Crippen molar-refractivity contribution in [1.82, 2.24) is 14.0 Å². The number of hydrogen-bond donors (Lipinski definition) is 0. The summed E-state index contributed by atoms with van der Waals surface area (Å²) < 4.78 is 37.0. The standard InChI is InChI=1S/C41H31N3/c1-26(2)24-27-12-11-21-39-40(27)42-41-43(37-19-9-10-20-38(37)44(39)41)28-22-23-35-33-17-6-5-15-31(33)29-13-3-4-14-30(29)32-16-7-8-18-34(32)36(35)25-28/h3-23,25-26H,24H2,1-2H3/i1D3,26D. The molecule has 0 saturated carbocycles. The Balaban J connectivity index is 1.33. The van der Waals surface area contributed by atoms with Crippen molar-refractivity contribution in [3.8, 4) is 50.2 Å². The van der Waals surface area contributed by atoms with E-state index in [1.54, 1.807) is 0 Å². The summed E-state index contributed by atoms with van der Waals surface area (Å²) in [4.78, 5) is 5.21. The van der Waals surface area contributed by atoms with Crippen LogP contribution in [0.2, 0.25) is 0 Å². The second kappa shape index (κ2) is 9.55. The Morgan fingerprint density at radius 1 is 0.591 bits per heavy atom. The molecular weight excluding hydrogens is 534 g/mol. The van der Waals surface area contributed by atoms with Gasteiger partial charge in [-0.25, -0.2) is 4.98 Å². The molecule has 3 heteroatoms. The van der Waals surface area contributed by atoms with Gasteiger partial charge in [-0.15, -0.1) is 0 Å². The van der Waals surface area contributed by atoms with Crippen LogP contribution in [-0.2, 0) is 6.42 Å². The average molecular weight is 570 g/mol. The quantitative estimate of drug-likeness (QED) is 0.207. The lowest BCUT2D eigenvalue weighted by molar-refractivity contribution is 0.649. The van der Waals surface area contributed by atoms with Gasteiger partial charge in [0, 0.05) is 11.2 Å². The predicted molar refractivity (Wildman–Crippen MR) is 183 cm³/mol. The maximum absolute atomic E-state index is 8.67. The fraction of sp³-hybridized carbons (Fsp3) is 0.0976. The lowest BCUT2D eigenvalue weighted by Crippen LogP contribution is -2.00. The Morgan fingerprint density at radius 2 is 1.11 bits per heavy atom. The highest BCUT2D eigenvalue weighted by atomic mass is 15.2. The molecule has 1 aliphatic carbocycles. The molecule has 0 bridgehead atoms. The van der Waals surface area contributed by atoms with Crippen LogP contribution in [0.5, 0.6) is 0 Å². The molecule has 0 fully saturated rings. The molecule has 1 aliphatic rings. The summed E-state index contributed by atoms with van der Waals surface area (Å²) in [6.45, 7) is -0.942. The topological polar surface area (TPSA) is 22.2 Å². The van der Waals surface area contributed by atoms with Gasteiger partial charge in [-0.3, -0.25) is 8.97 Å². The van der Waals surface area contributed by atoms with Crippen molar-refractivity contribution in [2.75, 3.05) is 0 Å². The Labute approximate surface area is 262 Å². The summed E-state index contributed by atoms with van der Waals surface area (Å²) in [5.74, 6) is -0.908. The minimum Gasteiger partial charge on any atom is -0.278 e. The van der Waals surface area contributed by atoms with E-state index in [4.69, 9.17) is 10.5 Å². The van der Waals surface area contributed by atoms with E-state index in [9.17, 15) is 0 Å². The van der Waals surface area contributed by atoms with Crippen molar-refractivity contribution in [3.05, 3.63) is 139 Å². The molecule has 8 aromatic rings. The van der Waals surface area contributed by atoms with Gasteiger partial charge in [0.05, 0.1) is 22.1 Å². The van der Waals surface area contributed by atoms with Crippen LogP contribution in [0, 0.1) is 5.89 Å². The Kier molecular flexibility index (Phi) is 4.62. The van der Waals surface area contributed by atoms with Gasteiger partial charge in [-0.2, -0.15) is 0 Å². The Hall–Kier alpha value is -5.41. The fourth-order valence-corrected chi connectivity index (χ4v) is 7.15. The third kappa shape index (κ3) is 3.59. The lowest BCUT2D eigenvalue weighted by atomic mass is 9.81. The highest BCUT2D eigenvalue weighted by Crippen LogP contribution is 2.48. The van der Waals surface area contributed by atoms with Crippen molar-refractivity contribution < 1.29 is 5.48 Å². The first-order chi connectivity index (χ1) is 23.2. The number of rotatable bonds is 3. The zero-order chi connectivity index (χ0) is 32.8. The molecule has 0 N–H and O–H groups in total. The monoisotopic (exact) mass is 569 g/mol. The first-order valence-corrected chi connectivity index (χ1v) is 15.0. The van der Waals surface area contributed by atoms with Crippen LogP contribution in [0.1, 0.15) is 24.8 Å². The second-order valence-electron chi connectivity index (χ2n) is 11.7.